The summed E-state index contributed by atoms with van der Waals surface area (Å²) in [5, 5.41) is 3.68. The molecule has 2 rings (SSSR count). The highest BCUT2D eigenvalue weighted by Gasteiger charge is 2.23. The van der Waals surface area contributed by atoms with Crippen LogP contribution in [0.25, 0.3) is 0 Å². The maximum Gasteiger partial charge on any atom is 0.0372 e. The van der Waals surface area contributed by atoms with Gasteiger partial charge in [-0.05, 0) is 56.0 Å². The summed E-state index contributed by atoms with van der Waals surface area (Å²) in [6, 6.07) is 6.95. The third-order valence-corrected chi connectivity index (χ3v) is 4.23. The fourth-order valence-electron chi connectivity index (χ4n) is 2.67. The quantitative estimate of drug-likeness (QED) is 0.893. The molecule has 0 aromatic heterocycles. The van der Waals surface area contributed by atoms with E-state index < -0.39 is 0 Å². The van der Waals surface area contributed by atoms with E-state index in [-0.39, 0.29) is 0 Å². The number of anilines is 1. The third-order valence-electron chi connectivity index (χ3n) is 3.74. The van der Waals surface area contributed by atoms with Crippen LogP contribution in [0, 0.1) is 12.8 Å². The molecule has 0 radical (unpaired) electrons. The molecule has 0 saturated heterocycles. The Bertz CT molecular complexity index is 378. The van der Waals surface area contributed by atoms with E-state index >= 15 is 0 Å². The van der Waals surface area contributed by atoms with E-state index in [0.29, 0.717) is 12.0 Å². The molecule has 1 aromatic rings. The van der Waals surface area contributed by atoms with Crippen molar-refractivity contribution in [3.8, 4) is 0 Å². The van der Waals surface area contributed by atoms with Crippen LogP contribution >= 0.6 is 15.9 Å². The highest BCUT2D eigenvalue weighted by atomic mass is 79.9. The third kappa shape index (κ3) is 3.23. The van der Waals surface area contributed by atoms with Gasteiger partial charge in [0.1, 0.15) is 0 Å². The zero-order valence-electron chi connectivity index (χ0n) is 10.4. The molecule has 0 aliphatic heterocycles. The monoisotopic (exact) mass is 296 g/mol. The van der Waals surface area contributed by atoms with Crippen LogP contribution in [0.15, 0.2) is 22.7 Å². The SMILES string of the molecule is Cc1cc(Br)ccc1NC1CCCCC1CN. The van der Waals surface area contributed by atoms with Crippen molar-refractivity contribution in [1.29, 1.82) is 0 Å². The second kappa shape index (κ2) is 5.87. The van der Waals surface area contributed by atoms with Crippen LogP contribution in [-0.4, -0.2) is 12.6 Å². The van der Waals surface area contributed by atoms with E-state index in [2.05, 4.69) is 46.4 Å². The topological polar surface area (TPSA) is 38.0 Å². The van der Waals surface area contributed by atoms with E-state index in [4.69, 9.17) is 5.73 Å². The molecule has 0 bridgehead atoms. The van der Waals surface area contributed by atoms with Crippen LogP contribution in [0.1, 0.15) is 31.2 Å². The van der Waals surface area contributed by atoms with Crippen LogP contribution in [0.5, 0.6) is 0 Å². The fraction of sp³-hybridized carbons (Fsp3) is 0.571. The first kappa shape index (κ1) is 12.9. The molecule has 1 aliphatic carbocycles. The second-order valence-electron chi connectivity index (χ2n) is 4.99. The van der Waals surface area contributed by atoms with Crippen LogP contribution < -0.4 is 11.1 Å². The van der Waals surface area contributed by atoms with Crippen LogP contribution in [0.3, 0.4) is 0 Å². The Balaban J connectivity index is 2.08. The van der Waals surface area contributed by atoms with Crippen molar-refractivity contribution in [2.45, 2.75) is 38.6 Å². The first-order valence-electron chi connectivity index (χ1n) is 6.43. The molecule has 2 atom stereocenters. The Morgan fingerprint density at radius 2 is 2.12 bits per heavy atom. The summed E-state index contributed by atoms with van der Waals surface area (Å²) in [5.74, 6) is 0.631. The lowest BCUT2D eigenvalue weighted by molar-refractivity contribution is 0.332. The molecule has 17 heavy (non-hydrogen) atoms. The van der Waals surface area contributed by atoms with E-state index in [1.54, 1.807) is 0 Å². The van der Waals surface area contributed by atoms with E-state index in [0.717, 1.165) is 11.0 Å². The van der Waals surface area contributed by atoms with Crippen molar-refractivity contribution < 1.29 is 0 Å². The van der Waals surface area contributed by atoms with Crippen LogP contribution in [-0.2, 0) is 0 Å². The lowest BCUT2D eigenvalue weighted by Gasteiger charge is -2.32. The second-order valence-corrected chi connectivity index (χ2v) is 5.91. The standard InChI is InChI=1S/C14H21BrN2/c1-10-8-12(15)6-7-13(10)17-14-5-3-2-4-11(14)9-16/h6-8,11,14,17H,2-5,9,16H2,1H3. The molecule has 2 unspecified atom stereocenters. The minimum absolute atomic E-state index is 0.550. The molecule has 0 heterocycles. The van der Waals surface area contributed by atoms with Gasteiger partial charge in [-0.3, -0.25) is 0 Å². The summed E-state index contributed by atoms with van der Waals surface area (Å²) in [6.07, 6.45) is 5.17. The van der Waals surface area contributed by atoms with Gasteiger partial charge < -0.3 is 11.1 Å². The summed E-state index contributed by atoms with van der Waals surface area (Å²) in [5.41, 5.74) is 8.40. The largest absolute Gasteiger partial charge is 0.382 e. The Kier molecular flexibility index (Phi) is 4.46. The fourth-order valence-corrected chi connectivity index (χ4v) is 3.14. The normalized spacial score (nSPS) is 24.6. The first-order chi connectivity index (χ1) is 8.20. The van der Waals surface area contributed by atoms with Crippen molar-refractivity contribution in [3.05, 3.63) is 28.2 Å². The molecule has 3 N–H and O–H groups in total. The van der Waals surface area contributed by atoms with Crippen molar-refractivity contribution in [2.24, 2.45) is 11.7 Å². The van der Waals surface area contributed by atoms with Gasteiger partial charge in [0.15, 0.2) is 0 Å². The molecule has 1 fully saturated rings. The number of halogens is 1. The van der Waals surface area contributed by atoms with Crippen molar-refractivity contribution in [1.82, 2.24) is 0 Å². The van der Waals surface area contributed by atoms with Gasteiger partial charge >= 0.3 is 0 Å². The van der Waals surface area contributed by atoms with Crippen molar-refractivity contribution >= 4 is 21.6 Å². The zero-order valence-corrected chi connectivity index (χ0v) is 12.0. The van der Waals surface area contributed by atoms with Crippen molar-refractivity contribution in [2.75, 3.05) is 11.9 Å². The predicted octanol–water partition coefficient (Wildman–Crippen LogP) is 3.69. The van der Waals surface area contributed by atoms with Gasteiger partial charge in [-0.1, -0.05) is 28.8 Å². The lowest BCUT2D eigenvalue weighted by Crippen LogP contribution is -2.36. The Morgan fingerprint density at radius 1 is 1.35 bits per heavy atom. The number of aryl methyl sites for hydroxylation is 1. The molecule has 94 valence electrons. The first-order valence-corrected chi connectivity index (χ1v) is 7.23. The van der Waals surface area contributed by atoms with E-state index in [1.165, 1.54) is 36.9 Å². The molecule has 0 spiro atoms. The Morgan fingerprint density at radius 3 is 2.82 bits per heavy atom. The zero-order chi connectivity index (χ0) is 12.3. The average Bonchev–Trinajstić information content (AvgIpc) is 2.33. The van der Waals surface area contributed by atoms with E-state index in [1.807, 2.05) is 0 Å². The minimum atomic E-state index is 0.550. The van der Waals surface area contributed by atoms with Gasteiger partial charge in [-0.2, -0.15) is 0 Å². The number of hydrogen-bond donors (Lipinski definition) is 2. The molecule has 1 aliphatic rings. The Hall–Kier alpha value is -0.540. The molecular formula is C14H21BrN2. The van der Waals surface area contributed by atoms with Crippen molar-refractivity contribution in [3.63, 3.8) is 0 Å². The molecule has 3 heteroatoms. The Labute approximate surface area is 112 Å². The van der Waals surface area contributed by atoms with Gasteiger partial charge in [0.2, 0.25) is 0 Å². The summed E-state index contributed by atoms with van der Waals surface area (Å²) < 4.78 is 1.14. The highest BCUT2D eigenvalue weighted by molar-refractivity contribution is 9.10. The number of nitrogens with two attached hydrogens (primary N) is 1. The summed E-state index contributed by atoms with van der Waals surface area (Å²) >= 11 is 3.50. The lowest BCUT2D eigenvalue weighted by atomic mass is 9.84. The van der Waals surface area contributed by atoms with E-state index in [9.17, 15) is 0 Å². The van der Waals surface area contributed by atoms with Gasteiger partial charge in [-0.15, -0.1) is 0 Å². The molecule has 2 nitrogen and oxygen atoms in total. The van der Waals surface area contributed by atoms with Gasteiger partial charge in [0.25, 0.3) is 0 Å². The number of hydrogen-bond acceptors (Lipinski definition) is 2. The van der Waals surface area contributed by atoms with Gasteiger partial charge in [0.05, 0.1) is 0 Å². The van der Waals surface area contributed by atoms with Crippen LogP contribution in [0.2, 0.25) is 0 Å². The predicted molar refractivity (Wildman–Crippen MR) is 77.3 cm³/mol. The summed E-state index contributed by atoms with van der Waals surface area (Å²) in [7, 11) is 0. The number of rotatable bonds is 3. The van der Waals surface area contributed by atoms with Gasteiger partial charge in [0, 0.05) is 16.2 Å². The number of benzene rings is 1. The maximum absolute atomic E-state index is 5.86. The molecular weight excluding hydrogens is 276 g/mol. The summed E-state index contributed by atoms with van der Waals surface area (Å²) in [6.45, 7) is 2.95. The number of nitrogens with one attached hydrogen (secondary N) is 1. The smallest absolute Gasteiger partial charge is 0.0372 e. The van der Waals surface area contributed by atoms with Crippen LogP contribution in [0.4, 0.5) is 5.69 Å². The average molecular weight is 297 g/mol. The molecule has 0 amide bonds. The maximum atomic E-state index is 5.86. The highest BCUT2D eigenvalue weighted by Crippen LogP contribution is 2.28. The van der Waals surface area contributed by atoms with Gasteiger partial charge in [-0.25, -0.2) is 0 Å². The molecule has 1 aromatic carbocycles. The molecule has 1 saturated carbocycles. The summed E-state index contributed by atoms with van der Waals surface area (Å²) in [4.78, 5) is 0. The minimum Gasteiger partial charge on any atom is -0.382 e.